The molecule has 3 atom stereocenters. The van der Waals surface area contributed by atoms with Crippen LogP contribution in [0.25, 0.3) is 32.9 Å². The number of anilines is 1. The second-order valence-corrected chi connectivity index (χ2v) is 15.4. The van der Waals surface area contributed by atoms with Crippen LogP contribution in [0.4, 0.5) is 25.1 Å². The number of nitroso groups, excluding NO2 is 1. The van der Waals surface area contributed by atoms with Gasteiger partial charge >= 0.3 is 12.1 Å². The Kier molecular flexibility index (Phi) is 8.36. The number of pyridine rings is 1. The Morgan fingerprint density at radius 2 is 2.12 bits per heavy atom. The van der Waals surface area contributed by atoms with Gasteiger partial charge in [0.15, 0.2) is 0 Å². The number of benzene rings is 2. The van der Waals surface area contributed by atoms with Gasteiger partial charge in [0.25, 0.3) is 0 Å². The minimum Gasteiger partial charge on any atom is -0.461 e. The molecule has 3 fully saturated rings. The van der Waals surface area contributed by atoms with E-state index >= 15 is 8.78 Å². The van der Waals surface area contributed by atoms with Gasteiger partial charge in [0.05, 0.1) is 44.4 Å². The fourth-order valence-electron chi connectivity index (χ4n) is 8.44. The summed E-state index contributed by atoms with van der Waals surface area (Å²) in [5.41, 5.74) is 2.09. The van der Waals surface area contributed by atoms with Crippen molar-refractivity contribution in [3.05, 3.63) is 62.5 Å². The number of nitrogens with zero attached hydrogens (tertiary/aromatic N) is 6. The lowest BCUT2D eigenvalue weighted by Crippen LogP contribution is -2.60. The fourth-order valence-corrected chi connectivity index (χ4v) is 9.28. The maximum Gasteiger partial charge on any atom is 0.407 e. The van der Waals surface area contributed by atoms with Crippen LogP contribution >= 0.6 is 22.6 Å². The number of amides is 1. The van der Waals surface area contributed by atoms with Crippen molar-refractivity contribution >= 4 is 61.9 Å². The molecule has 2 unspecified atom stereocenters. The van der Waals surface area contributed by atoms with E-state index in [1.807, 2.05) is 0 Å². The molecule has 14 heteroatoms. The highest BCUT2D eigenvalue weighted by Gasteiger charge is 2.47. The summed E-state index contributed by atoms with van der Waals surface area (Å²) in [6.45, 7) is 8.50. The average Bonchev–Trinajstić information content (AvgIpc) is 3.60. The molecule has 0 radical (unpaired) electrons. The summed E-state index contributed by atoms with van der Waals surface area (Å²) < 4.78 is 43.8. The normalized spacial score (nSPS) is 25.5. The smallest absolute Gasteiger partial charge is 0.407 e. The molecule has 260 valence electrons. The largest absolute Gasteiger partial charge is 0.461 e. The number of carbonyl (C=O) groups is 1. The first-order chi connectivity index (χ1) is 24.0. The number of carbonyl (C=O) groups excluding carboxylic acids is 1. The van der Waals surface area contributed by atoms with Crippen LogP contribution in [-0.4, -0.2) is 82.6 Å². The molecule has 9 rings (SSSR count). The third kappa shape index (κ3) is 5.83. The molecule has 2 aromatic carbocycles. The first-order valence-corrected chi connectivity index (χ1v) is 18.0. The molecule has 5 aliphatic rings. The summed E-state index contributed by atoms with van der Waals surface area (Å²) in [5.74, 6) is -0.00594. The highest BCUT2D eigenvalue weighted by atomic mass is 127. The summed E-state index contributed by atoms with van der Waals surface area (Å²) in [7, 11) is 0. The summed E-state index contributed by atoms with van der Waals surface area (Å²) in [5, 5.41) is 7.86. The Bertz CT molecular complexity index is 2080. The van der Waals surface area contributed by atoms with Gasteiger partial charge in [-0.3, -0.25) is 9.88 Å². The standard InChI is InChI=1S/C36H36F2IN7O4/c1-20-13-36(8-4-9-46(36)16-20)19-50-33-41-31-26-15-40-30(29(31)39)25-12-23(44-48)11-21-6-7-27(38)24(28(21)25)5-3-10-49-34(47)43-35(2)14-22(37)17-45(18-35)32(26)42-33/h6-7,11-12,15,22H,1,3-5,8-10,13-14,16-19H2,2H3,(H,43,47)/t22?,35-,36?/m1/s1. The van der Waals surface area contributed by atoms with Crippen LogP contribution in [0.3, 0.4) is 0 Å². The molecule has 3 saturated heterocycles. The van der Waals surface area contributed by atoms with E-state index in [0.29, 0.717) is 60.9 Å². The maximum atomic E-state index is 15.6. The van der Waals surface area contributed by atoms with Crippen molar-refractivity contribution in [2.24, 2.45) is 5.18 Å². The quantitative estimate of drug-likeness (QED) is 0.131. The van der Waals surface area contributed by atoms with Crippen molar-refractivity contribution in [3.63, 3.8) is 0 Å². The molecule has 50 heavy (non-hydrogen) atoms. The summed E-state index contributed by atoms with van der Waals surface area (Å²) in [6.07, 6.45) is 3.21. The van der Waals surface area contributed by atoms with Gasteiger partial charge in [0.1, 0.15) is 30.1 Å². The number of fused-ring (bicyclic) bond motifs is 7. The molecule has 0 aliphatic carbocycles. The van der Waals surface area contributed by atoms with Gasteiger partial charge in [-0.15, -0.1) is 4.91 Å². The molecule has 2 aromatic heterocycles. The van der Waals surface area contributed by atoms with Crippen molar-refractivity contribution in [2.75, 3.05) is 44.3 Å². The van der Waals surface area contributed by atoms with E-state index in [4.69, 9.17) is 24.4 Å². The van der Waals surface area contributed by atoms with Crippen LogP contribution in [0.2, 0.25) is 0 Å². The highest BCUT2D eigenvalue weighted by molar-refractivity contribution is 14.1. The Morgan fingerprint density at radius 1 is 1.26 bits per heavy atom. The van der Waals surface area contributed by atoms with E-state index in [0.717, 1.165) is 32.4 Å². The van der Waals surface area contributed by atoms with E-state index in [2.05, 4.69) is 44.6 Å². The van der Waals surface area contributed by atoms with Gasteiger partial charge in [-0.2, -0.15) is 9.97 Å². The predicted molar refractivity (Wildman–Crippen MR) is 194 cm³/mol. The van der Waals surface area contributed by atoms with Crippen molar-refractivity contribution in [3.8, 4) is 17.3 Å². The van der Waals surface area contributed by atoms with Gasteiger partial charge in [0.2, 0.25) is 0 Å². The molecule has 5 aliphatic heterocycles. The Hall–Kier alpha value is -4.05. The number of rotatable bonds is 4. The summed E-state index contributed by atoms with van der Waals surface area (Å²) in [4.78, 5) is 43.8. The van der Waals surface area contributed by atoms with Gasteiger partial charge < -0.3 is 19.7 Å². The minimum atomic E-state index is -1.28. The monoisotopic (exact) mass is 795 g/mol. The molecule has 7 heterocycles. The summed E-state index contributed by atoms with van der Waals surface area (Å²) >= 11 is 2.18. The van der Waals surface area contributed by atoms with Crippen LogP contribution in [0.15, 0.2) is 47.8 Å². The zero-order chi connectivity index (χ0) is 34.8. The number of piperidine rings is 1. The second kappa shape index (κ2) is 12.6. The zero-order valence-corrected chi connectivity index (χ0v) is 29.8. The number of aryl methyl sites for hydroxylation is 1. The van der Waals surface area contributed by atoms with Crippen LogP contribution < -0.4 is 15.0 Å². The first-order valence-electron chi connectivity index (χ1n) is 16.9. The van der Waals surface area contributed by atoms with Crippen molar-refractivity contribution in [1.29, 1.82) is 0 Å². The molecule has 0 spiro atoms. The number of hydrogen-bond acceptors (Lipinski definition) is 10. The minimum absolute atomic E-state index is 0.0194. The topological polar surface area (TPSA) is 122 Å². The molecule has 0 saturated carbocycles. The van der Waals surface area contributed by atoms with Gasteiger partial charge in [-0.1, -0.05) is 18.2 Å². The van der Waals surface area contributed by atoms with Crippen molar-refractivity contribution < 1.29 is 23.0 Å². The van der Waals surface area contributed by atoms with E-state index in [1.165, 1.54) is 11.6 Å². The Labute approximate surface area is 300 Å². The van der Waals surface area contributed by atoms with E-state index in [-0.39, 0.29) is 49.8 Å². The zero-order valence-electron chi connectivity index (χ0n) is 27.6. The fraction of sp³-hybridized carbons (Fsp3) is 0.444. The molecule has 11 nitrogen and oxygen atoms in total. The van der Waals surface area contributed by atoms with E-state index in [1.54, 1.807) is 36.2 Å². The number of alkyl halides is 1. The lowest BCUT2D eigenvalue weighted by Gasteiger charge is -2.42. The third-order valence-corrected chi connectivity index (χ3v) is 11.5. The molecule has 1 N–H and O–H groups in total. The Balaban J connectivity index is 1.34. The van der Waals surface area contributed by atoms with Crippen molar-refractivity contribution in [1.82, 2.24) is 25.2 Å². The number of halogens is 3. The highest BCUT2D eigenvalue weighted by Crippen LogP contribution is 2.43. The number of hydrogen-bond donors (Lipinski definition) is 1. The second-order valence-electron chi connectivity index (χ2n) is 14.3. The first kappa shape index (κ1) is 33.1. The number of alkyl carbamates (subject to hydrolysis) is 1. The predicted octanol–water partition coefficient (Wildman–Crippen LogP) is 7.14. The third-order valence-electron chi connectivity index (χ3n) is 10.5. The van der Waals surface area contributed by atoms with Gasteiger partial charge in [-0.25, -0.2) is 13.6 Å². The van der Waals surface area contributed by atoms with Gasteiger partial charge in [-0.05, 0) is 108 Å². The van der Waals surface area contributed by atoms with E-state index < -0.39 is 23.6 Å². The molecule has 1 amide bonds. The molecular weight excluding hydrogens is 759 g/mol. The lowest BCUT2D eigenvalue weighted by molar-refractivity contribution is 0.107. The van der Waals surface area contributed by atoms with E-state index in [9.17, 15) is 9.70 Å². The van der Waals surface area contributed by atoms with Crippen LogP contribution in [0.1, 0.15) is 44.6 Å². The lowest BCUT2D eigenvalue weighted by atomic mass is 9.90. The Morgan fingerprint density at radius 3 is 2.96 bits per heavy atom. The number of ether oxygens (including phenoxy) is 2. The van der Waals surface area contributed by atoms with Gasteiger partial charge in [0, 0.05) is 31.3 Å². The number of nitrogens with one attached hydrogen (secondary N) is 1. The van der Waals surface area contributed by atoms with Crippen LogP contribution in [0, 0.1) is 14.3 Å². The average molecular weight is 796 g/mol. The van der Waals surface area contributed by atoms with Crippen molar-refractivity contribution in [2.45, 2.75) is 62.7 Å². The maximum absolute atomic E-state index is 15.6. The number of aromatic nitrogens is 3. The van der Waals surface area contributed by atoms with Crippen LogP contribution in [-0.2, 0) is 11.2 Å². The molecular formula is C36H36F2IN7O4. The SMILES string of the molecule is C=C1CN2CCCC2(COc2nc3c4cnc(c(I)c4n2)-c2cc(N=O)cc4ccc(F)c(c24)CCCOC(=O)N[C@]2(C)CC(F)CN3C2)C1. The summed E-state index contributed by atoms with van der Waals surface area (Å²) in [6, 6.07) is 6.34. The van der Waals surface area contributed by atoms with Crippen LogP contribution in [0.5, 0.6) is 6.01 Å². The molecule has 6 bridgehead atoms. The molecule has 4 aromatic rings.